The molecule has 0 aromatic heterocycles. The second-order valence-corrected chi connectivity index (χ2v) is 31.3. The monoisotopic (exact) mass is 1460 g/mol. The summed E-state index contributed by atoms with van der Waals surface area (Å²) in [5.41, 5.74) is 13.6. The summed E-state index contributed by atoms with van der Waals surface area (Å²) in [5.74, 6) is -9.07. The quantitative estimate of drug-likeness (QED) is 0.0991. The van der Waals surface area contributed by atoms with Crippen LogP contribution in [0, 0.1) is 29.6 Å². The first kappa shape index (κ1) is 78.8. The summed E-state index contributed by atoms with van der Waals surface area (Å²) in [7, 11) is 1.28. The number of hydrogen-bond acceptors (Lipinski definition) is 19. The second-order valence-electron chi connectivity index (χ2n) is 29.1. The number of halogens is 2. The lowest BCUT2D eigenvalue weighted by atomic mass is 9.76. The number of aliphatic hydroxyl groups is 1. The van der Waals surface area contributed by atoms with Gasteiger partial charge < -0.3 is 90.0 Å². The van der Waals surface area contributed by atoms with Gasteiger partial charge >= 0.3 is 5.97 Å². The number of fused-ring (bicyclic) bond motifs is 5. The summed E-state index contributed by atoms with van der Waals surface area (Å²) in [5, 5.41) is 53.7. The van der Waals surface area contributed by atoms with Crippen molar-refractivity contribution in [2.75, 3.05) is 64.5 Å². The molecule has 4 saturated heterocycles. The Morgan fingerprint density at radius 3 is 1.89 bits per heavy atom. The van der Waals surface area contributed by atoms with Gasteiger partial charge in [-0.2, -0.15) is 23.5 Å². The van der Waals surface area contributed by atoms with Gasteiger partial charge in [0.05, 0.1) is 19.1 Å². The maximum Gasteiger partial charge on any atom is 0.305 e. The summed E-state index contributed by atoms with van der Waals surface area (Å²) in [4.78, 5) is 161. The number of unbranched alkanes of at least 4 members (excludes halogenated alkanes) is 1. The number of hydrogen-bond donors (Lipinski definition) is 15. The molecule has 5 aliphatic heterocycles. The first-order chi connectivity index (χ1) is 48.5. The summed E-state index contributed by atoms with van der Waals surface area (Å²) < 4.78 is 30.5. The number of aliphatic hydroxyl groups excluding tert-OH is 1. The number of carbonyl (C=O) groups is 11. The van der Waals surface area contributed by atoms with E-state index >= 15 is 32.8 Å². The van der Waals surface area contributed by atoms with E-state index in [9.17, 15) is 39.0 Å². The van der Waals surface area contributed by atoms with Crippen molar-refractivity contribution < 1.29 is 71.7 Å². The van der Waals surface area contributed by atoms with Crippen molar-refractivity contribution in [3.63, 3.8) is 0 Å². The molecule has 32 heteroatoms. The lowest BCUT2D eigenvalue weighted by molar-refractivity contribution is -0.147. The first-order valence-electron chi connectivity index (χ1n) is 36.5. The fraction of sp³-hybridized carbons (Fsp3) is 0.754. The fourth-order valence-corrected chi connectivity index (χ4v) is 18.2. The average Bonchev–Trinajstić information content (AvgIpc) is 1.75. The van der Waals surface area contributed by atoms with Gasteiger partial charge in [-0.3, -0.25) is 52.7 Å². The van der Waals surface area contributed by atoms with Gasteiger partial charge in [0.15, 0.2) is 0 Å². The maximum atomic E-state index is 15.3. The van der Waals surface area contributed by atoms with Gasteiger partial charge in [0.25, 0.3) is 0 Å². The van der Waals surface area contributed by atoms with Crippen LogP contribution in [0.3, 0.4) is 0 Å². The molecule has 9 unspecified atom stereocenters. The Labute approximate surface area is 598 Å². The molecule has 1 aromatic carbocycles. The highest BCUT2D eigenvalue weighted by atomic mass is 32.2. The van der Waals surface area contributed by atoms with Gasteiger partial charge in [-0.15, -0.1) is 0 Å². The summed E-state index contributed by atoms with van der Waals surface area (Å²) >= 11 is 2.86. The minimum atomic E-state index is -1.89. The molecule has 28 nitrogen and oxygen atoms in total. The van der Waals surface area contributed by atoms with Crippen LogP contribution in [0.15, 0.2) is 24.3 Å². The second kappa shape index (κ2) is 38.5. The number of alkyl halides is 2. The number of nitrogens with one attached hydrogen (secondary N) is 11. The average molecular weight is 1460 g/mol. The van der Waals surface area contributed by atoms with E-state index < -0.39 is 157 Å². The lowest BCUT2D eigenvalue weighted by Crippen LogP contribution is -2.61. The van der Waals surface area contributed by atoms with Gasteiger partial charge in [0.2, 0.25) is 59.1 Å². The zero-order valence-corrected chi connectivity index (χ0v) is 59.5. The number of amides is 10. The van der Waals surface area contributed by atoms with Crippen molar-refractivity contribution in [3.8, 4) is 0 Å². The highest BCUT2D eigenvalue weighted by molar-refractivity contribution is 7.98. The van der Waals surface area contributed by atoms with E-state index in [1.165, 1.54) is 35.5 Å². The van der Waals surface area contributed by atoms with Crippen LogP contribution in [0.5, 0.6) is 0 Å². The molecule has 1 aromatic rings. The van der Waals surface area contributed by atoms with Crippen LogP contribution >= 0.6 is 23.5 Å². The normalized spacial score (nSPS) is 34.7. The number of nitrogens with two attached hydrogens (primary N) is 2. The Morgan fingerprint density at radius 1 is 0.644 bits per heavy atom. The third kappa shape index (κ3) is 22.9. The molecule has 10 amide bonds. The Kier molecular flexibility index (Phi) is 30.0. The number of rotatable bonds is 15. The van der Waals surface area contributed by atoms with E-state index in [1.54, 1.807) is 0 Å². The predicted molar refractivity (Wildman–Crippen MR) is 375 cm³/mol. The number of thioether (sulfide) groups is 2. The zero-order chi connectivity index (χ0) is 72.3. The molecule has 8 aliphatic rings. The van der Waals surface area contributed by atoms with Gasteiger partial charge in [0, 0.05) is 74.4 Å². The summed E-state index contributed by atoms with van der Waals surface area (Å²) in [6.07, 6.45) is 1.97. The number of primary amides is 1. The minimum absolute atomic E-state index is 0.0401. The van der Waals surface area contributed by atoms with Crippen molar-refractivity contribution in [2.24, 2.45) is 41.1 Å². The Morgan fingerprint density at radius 2 is 1.27 bits per heavy atom. The highest BCUT2D eigenvalue weighted by Gasteiger charge is 2.47. The van der Waals surface area contributed by atoms with Crippen molar-refractivity contribution in [1.29, 1.82) is 0 Å². The molecule has 3 aliphatic carbocycles. The van der Waals surface area contributed by atoms with Gasteiger partial charge in [-0.25, -0.2) is 8.78 Å². The Bertz CT molecular complexity index is 3050. The summed E-state index contributed by atoms with van der Waals surface area (Å²) in [6.45, 7) is 1.19. The lowest BCUT2D eigenvalue weighted by Gasteiger charge is -2.36. The molecule has 5 heterocycles. The van der Waals surface area contributed by atoms with E-state index in [0.29, 0.717) is 121 Å². The molecule has 7 fully saturated rings. The van der Waals surface area contributed by atoms with Crippen LogP contribution in [0.25, 0.3) is 0 Å². The Balaban J connectivity index is 1.03. The Hall–Kier alpha value is -6.29. The molecule has 0 spiro atoms. The van der Waals surface area contributed by atoms with Crippen molar-refractivity contribution in [2.45, 2.75) is 231 Å². The van der Waals surface area contributed by atoms with E-state index in [4.69, 9.17) is 11.5 Å². The molecule has 101 heavy (non-hydrogen) atoms. The first-order valence-corrected chi connectivity index (χ1v) is 38.8. The number of benzene rings is 1. The third-order valence-electron chi connectivity index (χ3n) is 21.9. The van der Waals surface area contributed by atoms with Crippen LogP contribution in [-0.2, 0) is 64.2 Å². The topological polar surface area (TPSA) is 419 Å². The third-order valence-corrected chi connectivity index (χ3v) is 24.0. The van der Waals surface area contributed by atoms with Crippen molar-refractivity contribution >= 4 is 88.6 Å². The molecular formula is C69H107F2N15O13S2. The van der Waals surface area contributed by atoms with Crippen LogP contribution in [0.1, 0.15) is 146 Å². The largest absolute Gasteiger partial charge is 0.481 e. The molecule has 17 N–H and O–H groups in total. The SMILES string of the molecule is CN1C(=O)[C@H](CC(=O)O)NC(=O)[C@H](CC2CNC3CCC(F)CC23)NC(=O)[C@H](CC2CNC3CCC(F)CC23)NC(=O)CNC(=O)[C@H](CCCCN)NC(=O)CCSCc2cccc(c2)CSC[C@@H](C(N)=O)NC(=O)[C@@H]2CCCN2C(=O)[C@H](CC2CCC(O)CC2)NC(=O)[C@@H]1CC1CNCN1. The predicted octanol–water partition coefficient (Wildman–Crippen LogP) is -0.429. The van der Waals surface area contributed by atoms with Gasteiger partial charge in [-0.1, -0.05) is 24.3 Å². The van der Waals surface area contributed by atoms with Crippen molar-refractivity contribution in [3.05, 3.63) is 35.4 Å². The van der Waals surface area contributed by atoms with Crippen LogP contribution < -0.4 is 70.0 Å². The van der Waals surface area contributed by atoms with E-state index in [2.05, 4.69) is 58.5 Å². The molecular weight excluding hydrogens is 1350 g/mol. The number of carboxylic acids is 1. The molecule has 0 radical (unpaired) electrons. The standard InChI is InChI=1S/C69H107F2N15O13S2/c1-85-58(28-45-32-74-37-78-45)67(97)83-54(23-38-10-14-46(87)15-11-38)69(99)86-20-5-9-57(86)66(96)84-56(62(73)92)36-101-35-40-7-4-6-39(22-40)34-100-21-18-59(88)79-51(8-2-3-19-72)63(93)77-33-60(89)80-52(24-41-30-75-49-16-12-43(70)26-47(41)49)64(94)81-53(65(95)82-55(68(85)98)29-61(90)91)25-42-31-76-50-17-13-44(71)27-48(42)50/h4,6-7,22,38,41-58,74-76,78,87H,2-3,5,8-21,23-37,72H2,1H3,(H2,73,92)(H,77,93)(H,79,88)(H,80,89)(H,81,94)(H,82,95)(H,83,97)(H,84,96)(H,90,91)/t38?,41?,42?,43?,44?,45?,46?,47?,48?,49?,50?,51-,52-,53-,54-,55-,56-,57-,58-/m0/s1. The maximum absolute atomic E-state index is 15.3. The molecule has 17 atom stereocenters. The van der Waals surface area contributed by atoms with E-state index in [0.717, 1.165) is 16.0 Å². The zero-order valence-electron chi connectivity index (χ0n) is 57.9. The summed E-state index contributed by atoms with van der Waals surface area (Å²) in [6, 6.07) is -3.67. The fourth-order valence-electron chi connectivity index (χ4n) is 16.3. The number of likely N-dealkylation sites (N-methyl/N-ethyl adjacent to an activating group) is 1. The highest BCUT2D eigenvalue weighted by Crippen LogP contribution is 2.40. The molecule has 3 saturated carbocycles. The van der Waals surface area contributed by atoms with Crippen LogP contribution in [0.2, 0.25) is 0 Å². The number of nitrogens with zero attached hydrogens (tertiary/aromatic N) is 2. The smallest absolute Gasteiger partial charge is 0.305 e. The minimum Gasteiger partial charge on any atom is -0.481 e. The van der Waals surface area contributed by atoms with Crippen LogP contribution in [-0.4, -0.2) is 234 Å². The van der Waals surface area contributed by atoms with Crippen LogP contribution in [0.4, 0.5) is 8.78 Å². The van der Waals surface area contributed by atoms with E-state index in [-0.39, 0.29) is 106 Å². The number of carbonyl (C=O) groups excluding carboxylic acids is 10. The number of carboxylic acid groups (broad SMARTS) is 1. The molecule has 562 valence electrons. The van der Waals surface area contributed by atoms with Gasteiger partial charge in [-0.05, 0) is 182 Å². The number of aliphatic carboxylic acids is 1. The van der Waals surface area contributed by atoms with Crippen molar-refractivity contribution in [1.82, 2.24) is 68.3 Å². The van der Waals surface area contributed by atoms with E-state index in [1.807, 2.05) is 24.3 Å². The molecule has 2 bridgehead atoms. The molecule has 9 rings (SSSR count). The van der Waals surface area contributed by atoms with Gasteiger partial charge in [0.1, 0.15) is 60.7 Å².